The summed E-state index contributed by atoms with van der Waals surface area (Å²) in [5, 5.41) is 12.9. The average Bonchev–Trinajstić information content (AvgIpc) is 2.35. The molecule has 3 nitrogen and oxygen atoms in total. The molecule has 2 N–H and O–H groups in total. The van der Waals surface area contributed by atoms with Crippen molar-refractivity contribution in [2.24, 2.45) is 5.92 Å². The molecule has 1 rings (SSSR count). The molecular weight excluding hydrogens is 257 g/mol. The fourth-order valence-corrected chi connectivity index (χ4v) is 1.69. The quantitative estimate of drug-likeness (QED) is 0.871. The van der Waals surface area contributed by atoms with Crippen LogP contribution in [0.2, 0.25) is 0 Å². The molecule has 0 fully saturated rings. The van der Waals surface area contributed by atoms with Crippen LogP contribution in [-0.2, 0) is 10.2 Å². The first-order chi connectivity index (χ1) is 9.07. The molecule has 20 heavy (non-hydrogen) atoms. The molecule has 1 aromatic rings. The fraction of sp³-hybridized carbons (Fsp3) is 0.562. The van der Waals surface area contributed by atoms with Gasteiger partial charge in [-0.3, -0.25) is 4.79 Å². The van der Waals surface area contributed by atoms with Crippen molar-refractivity contribution < 1.29 is 14.3 Å². The second kappa shape index (κ2) is 5.92. The minimum Gasteiger partial charge on any atom is -0.388 e. The zero-order chi connectivity index (χ0) is 15.6. The predicted octanol–water partition coefficient (Wildman–Crippen LogP) is 2.63. The van der Waals surface area contributed by atoms with E-state index in [4.69, 9.17) is 0 Å². The van der Waals surface area contributed by atoms with Crippen LogP contribution in [0.3, 0.4) is 0 Å². The van der Waals surface area contributed by atoms with Gasteiger partial charge in [-0.2, -0.15) is 0 Å². The number of carbonyl (C=O) groups excluding carboxylic acids is 1. The Balaban J connectivity index is 2.81. The van der Waals surface area contributed by atoms with Gasteiger partial charge in [-0.15, -0.1) is 0 Å². The molecule has 0 aliphatic rings. The summed E-state index contributed by atoms with van der Waals surface area (Å²) in [5.74, 6) is -0.568. The molecule has 1 aromatic carbocycles. The van der Waals surface area contributed by atoms with E-state index in [1.165, 1.54) is 12.1 Å². The van der Waals surface area contributed by atoms with Crippen LogP contribution in [0.1, 0.15) is 40.2 Å². The lowest BCUT2D eigenvalue weighted by Gasteiger charge is -2.31. The van der Waals surface area contributed by atoms with Gasteiger partial charge in [-0.05, 0) is 44.4 Å². The third-order valence-electron chi connectivity index (χ3n) is 3.96. The topological polar surface area (TPSA) is 49.3 Å². The number of carbonyl (C=O) groups is 1. The average molecular weight is 281 g/mol. The summed E-state index contributed by atoms with van der Waals surface area (Å²) >= 11 is 0. The van der Waals surface area contributed by atoms with Gasteiger partial charge in [-0.1, -0.05) is 26.0 Å². The van der Waals surface area contributed by atoms with Crippen molar-refractivity contribution in [3.63, 3.8) is 0 Å². The molecule has 0 radical (unpaired) electrons. The highest BCUT2D eigenvalue weighted by Gasteiger charge is 2.32. The largest absolute Gasteiger partial charge is 0.388 e. The smallest absolute Gasteiger partial charge is 0.230 e. The number of aliphatic hydroxyl groups is 1. The van der Waals surface area contributed by atoms with E-state index in [1.54, 1.807) is 32.9 Å². The van der Waals surface area contributed by atoms with Crippen LogP contribution in [0.15, 0.2) is 24.3 Å². The Kier molecular flexibility index (Phi) is 4.92. The molecule has 0 saturated carbocycles. The predicted molar refractivity (Wildman–Crippen MR) is 77.9 cm³/mol. The minimum atomic E-state index is -0.965. The molecule has 0 heterocycles. The molecule has 0 spiro atoms. The first kappa shape index (κ1) is 16.6. The van der Waals surface area contributed by atoms with Gasteiger partial charge in [0, 0.05) is 6.54 Å². The van der Waals surface area contributed by atoms with E-state index >= 15 is 0 Å². The van der Waals surface area contributed by atoms with Crippen LogP contribution in [0.5, 0.6) is 0 Å². The summed E-state index contributed by atoms with van der Waals surface area (Å²) in [5.41, 5.74) is -1.21. The minimum absolute atomic E-state index is 0.0279. The second-order valence-electron chi connectivity index (χ2n) is 6.33. The van der Waals surface area contributed by atoms with Gasteiger partial charge in [0.05, 0.1) is 11.0 Å². The van der Waals surface area contributed by atoms with Gasteiger partial charge < -0.3 is 10.4 Å². The van der Waals surface area contributed by atoms with Crippen LogP contribution < -0.4 is 5.32 Å². The molecule has 1 unspecified atom stereocenters. The highest BCUT2D eigenvalue weighted by Crippen LogP contribution is 2.24. The Morgan fingerprint density at radius 1 is 1.35 bits per heavy atom. The van der Waals surface area contributed by atoms with E-state index in [-0.39, 0.29) is 24.2 Å². The molecule has 0 aromatic heterocycles. The first-order valence-electron chi connectivity index (χ1n) is 6.84. The van der Waals surface area contributed by atoms with E-state index < -0.39 is 11.0 Å². The molecule has 0 bridgehead atoms. The lowest BCUT2D eigenvalue weighted by Crippen LogP contribution is -2.49. The lowest BCUT2D eigenvalue weighted by molar-refractivity contribution is -0.127. The lowest BCUT2D eigenvalue weighted by atomic mass is 9.83. The fourth-order valence-electron chi connectivity index (χ4n) is 1.69. The molecule has 1 atom stereocenters. The van der Waals surface area contributed by atoms with E-state index in [0.717, 1.165) is 0 Å². The van der Waals surface area contributed by atoms with E-state index in [0.29, 0.717) is 5.56 Å². The molecular formula is C16H24FNO2. The molecule has 112 valence electrons. The zero-order valence-electron chi connectivity index (χ0n) is 12.8. The van der Waals surface area contributed by atoms with Gasteiger partial charge >= 0.3 is 0 Å². The summed E-state index contributed by atoms with van der Waals surface area (Å²) in [4.78, 5) is 12.3. The van der Waals surface area contributed by atoms with E-state index in [1.807, 2.05) is 13.8 Å². The number of rotatable bonds is 5. The Labute approximate surface area is 120 Å². The Hall–Kier alpha value is -1.42. The van der Waals surface area contributed by atoms with Crippen molar-refractivity contribution in [3.8, 4) is 0 Å². The van der Waals surface area contributed by atoms with Gasteiger partial charge in [0.15, 0.2) is 0 Å². The number of benzene rings is 1. The third kappa shape index (κ3) is 3.79. The van der Waals surface area contributed by atoms with Crippen molar-refractivity contribution >= 4 is 5.91 Å². The molecule has 4 heteroatoms. The van der Waals surface area contributed by atoms with Crippen molar-refractivity contribution in [2.45, 2.75) is 45.6 Å². The molecule has 0 aliphatic heterocycles. The van der Waals surface area contributed by atoms with Crippen LogP contribution in [0.4, 0.5) is 4.39 Å². The number of hydrogen-bond acceptors (Lipinski definition) is 2. The third-order valence-corrected chi connectivity index (χ3v) is 3.96. The van der Waals surface area contributed by atoms with Gasteiger partial charge in [-0.25, -0.2) is 4.39 Å². The SMILES string of the molecule is CC(C)C(C)(O)CNC(=O)C(C)(C)c1cccc(F)c1. The summed E-state index contributed by atoms with van der Waals surface area (Å²) < 4.78 is 13.3. The Morgan fingerprint density at radius 3 is 2.45 bits per heavy atom. The summed E-state index contributed by atoms with van der Waals surface area (Å²) in [7, 11) is 0. The standard InChI is InChI=1S/C16H24FNO2/c1-11(2)16(5,20)10-18-14(19)15(3,4)12-7-6-8-13(17)9-12/h6-9,11,20H,10H2,1-5H3,(H,18,19). The normalized spacial score (nSPS) is 15.0. The van der Waals surface area contributed by atoms with Gasteiger partial charge in [0.2, 0.25) is 5.91 Å². The maximum absolute atomic E-state index is 13.3. The Bertz CT molecular complexity index is 481. The molecule has 0 aliphatic carbocycles. The van der Waals surface area contributed by atoms with E-state index in [2.05, 4.69) is 5.32 Å². The number of hydrogen-bond donors (Lipinski definition) is 2. The maximum Gasteiger partial charge on any atom is 0.230 e. The molecule has 1 amide bonds. The summed E-state index contributed by atoms with van der Waals surface area (Å²) in [6.07, 6.45) is 0. The van der Waals surface area contributed by atoms with Crippen molar-refractivity contribution in [1.82, 2.24) is 5.32 Å². The highest BCUT2D eigenvalue weighted by molar-refractivity contribution is 5.87. The monoisotopic (exact) mass is 281 g/mol. The second-order valence-corrected chi connectivity index (χ2v) is 6.33. The van der Waals surface area contributed by atoms with Crippen LogP contribution in [0, 0.1) is 11.7 Å². The number of halogens is 1. The number of nitrogens with one attached hydrogen (secondary N) is 1. The number of amides is 1. The van der Waals surface area contributed by atoms with Crippen molar-refractivity contribution in [2.75, 3.05) is 6.54 Å². The first-order valence-corrected chi connectivity index (χ1v) is 6.84. The van der Waals surface area contributed by atoms with Crippen molar-refractivity contribution in [1.29, 1.82) is 0 Å². The van der Waals surface area contributed by atoms with E-state index in [9.17, 15) is 14.3 Å². The molecule has 0 saturated heterocycles. The van der Waals surface area contributed by atoms with Crippen molar-refractivity contribution in [3.05, 3.63) is 35.6 Å². The summed E-state index contributed by atoms with van der Waals surface area (Å²) in [6.45, 7) is 9.12. The Morgan fingerprint density at radius 2 is 1.95 bits per heavy atom. The zero-order valence-corrected chi connectivity index (χ0v) is 12.8. The van der Waals surface area contributed by atoms with Crippen LogP contribution in [0.25, 0.3) is 0 Å². The summed E-state index contributed by atoms with van der Waals surface area (Å²) in [6, 6.07) is 6.02. The van der Waals surface area contributed by atoms with Gasteiger partial charge in [0.25, 0.3) is 0 Å². The van der Waals surface area contributed by atoms with Crippen LogP contribution >= 0.6 is 0 Å². The van der Waals surface area contributed by atoms with Crippen LogP contribution in [-0.4, -0.2) is 23.2 Å². The maximum atomic E-state index is 13.3. The van der Waals surface area contributed by atoms with Gasteiger partial charge in [0.1, 0.15) is 5.82 Å². The highest BCUT2D eigenvalue weighted by atomic mass is 19.1.